The second-order valence-corrected chi connectivity index (χ2v) is 5.89. The van der Waals surface area contributed by atoms with Gasteiger partial charge < -0.3 is 10.6 Å². The Morgan fingerprint density at radius 1 is 1.22 bits per heavy atom. The van der Waals surface area contributed by atoms with Crippen LogP contribution < -0.4 is 5.73 Å². The molecule has 0 saturated carbocycles. The Hall–Kier alpha value is -1.35. The zero-order chi connectivity index (χ0) is 13.9. The molecule has 1 atom stereocenters. The van der Waals surface area contributed by atoms with E-state index in [9.17, 15) is 4.79 Å². The monoisotopic (exact) mass is 248 g/mol. The largest absolute Gasteiger partial charge is 0.348 e. The topological polar surface area (TPSA) is 46.3 Å². The van der Waals surface area contributed by atoms with Gasteiger partial charge >= 0.3 is 0 Å². The molecular formula is C15H24N2O. The van der Waals surface area contributed by atoms with Crippen LogP contribution in [0.3, 0.4) is 0 Å². The highest BCUT2D eigenvalue weighted by atomic mass is 16.2. The number of amides is 1. The van der Waals surface area contributed by atoms with Crippen LogP contribution in [0.1, 0.15) is 37.8 Å². The third-order valence-corrected chi connectivity index (χ3v) is 3.15. The molecule has 0 aliphatic heterocycles. The van der Waals surface area contributed by atoms with Gasteiger partial charge in [0.1, 0.15) is 0 Å². The smallest absolute Gasteiger partial charge is 0.230 e. The van der Waals surface area contributed by atoms with Crippen LogP contribution in [0.5, 0.6) is 0 Å². The quantitative estimate of drug-likeness (QED) is 0.890. The molecule has 0 saturated heterocycles. The van der Waals surface area contributed by atoms with Crippen LogP contribution in [-0.2, 0) is 10.2 Å². The molecule has 18 heavy (non-hydrogen) atoms. The highest BCUT2D eigenvalue weighted by Crippen LogP contribution is 2.24. The summed E-state index contributed by atoms with van der Waals surface area (Å²) >= 11 is 0. The summed E-state index contributed by atoms with van der Waals surface area (Å²) < 4.78 is 0. The van der Waals surface area contributed by atoms with Crippen molar-refractivity contribution in [3.8, 4) is 0 Å². The van der Waals surface area contributed by atoms with Gasteiger partial charge in [-0.25, -0.2) is 0 Å². The fourth-order valence-corrected chi connectivity index (χ4v) is 1.91. The third-order valence-electron chi connectivity index (χ3n) is 3.15. The normalized spacial score (nSPS) is 13.2. The molecular weight excluding hydrogens is 224 g/mol. The first-order valence-electron chi connectivity index (χ1n) is 6.29. The Morgan fingerprint density at radius 3 is 2.06 bits per heavy atom. The molecule has 100 valence electrons. The van der Waals surface area contributed by atoms with Crippen LogP contribution in [-0.4, -0.2) is 31.4 Å². The first kappa shape index (κ1) is 14.7. The molecule has 2 N–H and O–H groups in total. The van der Waals surface area contributed by atoms with Crippen molar-refractivity contribution in [3.05, 3.63) is 35.4 Å². The first-order chi connectivity index (χ1) is 8.27. The van der Waals surface area contributed by atoms with Crippen LogP contribution in [0.4, 0.5) is 0 Å². The number of benzene rings is 1. The van der Waals surface area contributed by atoms with Crippen molar-refractivity contribution in [1.82, 2.24) is 4.90 Å². The van der Waals surface area contributed by atoms with E-state index < -0.39 is 0 Å². The minimum atomic E-state index is -0.242. The summed E-state index contributed by atoms with van der Waals surface area (Å²) in [4.78, 5) is 13.6. The SMILES string of the molecule is CN(C)C(=O)C(CN)c1ccc(C(C)(C)C)cc1. The first-order valence-corrected chi connectivity index (χ1v) is 6.29. The maximum Gasteiger partial charge on any atom is 0.230 e. The van der Waals surface area contributed by atoms with Crippen molar-refractivity contribution in [1.29, 1.82) is 0 Å². The standard InChI is InChI=1S/C15H24N2O/c1-15(2,3)12-8-6-11(7-9-12)13(10-16)14(18)17(4)5/h6-9,13H,10,16H2,1-5H3. The Bertz CT molecular complexity index is 401. The van der Waals surface area contributed by atoms with E-state index in [2.05, 4.69) is 32.9 Å². The predicted molar refractivity (Wildman–Crippen MR) is 75.6 cm³/mol. The molecule has 1 aromatic carbocycles. The third kappa shape index (κ3) is 3.33. The van der Waals surface area contributed by atoms with Crippen molar-refractivity contribution in [2.75, 3.05) is 20.6 Å². The van der Waals surface area contributed by atoms with Crippen LogP contribution in [0.25, 0.3) is 0 Å². The van der Waals surface area contributed by atoms with Gasteiger partial charge in [-0.3, -0.25) is 4.79 Å². The molecule has 3 nitrogen and oxygen atoms in total. The molecule has 0 aliphatic carbocycles. The minimum absolute atomic E-state index is 0.0565. The summed E-state index contributed by atoms with van der Waals surface area (Å²) in [5, 5.41) is 0. The van der Waals surface area contributed by atoms with Gasteiger partial charge in [0.25, 0.3) is 0 Å². The van der Waals surface area contributed by atoms with Crippen LogP contribution >= 0.6 is 0 Å². The van der Waals surface area contributed by atoms with Crippen molar-refractivity contribution in [2.24, 2.45) is 5.73 Å². The molecule has 1 rings (SSSR count). The molecule has 0 aromatic heterocycles. The van der Waals surface area contributed by atoms with E-state index in [4.69, 9.17) is 5.73 Å². The molecule has 0 aliphatic rings. The van der Waals surface area contributed by atoms with Crippen LogP contribution in [0.15, 0.2) is 24.3 Å². The van der Waals surface area contributed by atoms with Crippen molar-refractivity contribution in [2.45, 2.75) is 32.1 Å². The highest BCUT2D eigenvalue weighted by Gasteiger charge is 2.21. The molecule has 1 aromatic rings. The van der Waals surface area contributed by atoms with Gasteiger partial charge in [-0.1, -0.05) is 45.0 Å². The second kappa shape index (κ2) is 5.53. The van der Waals surface area contributed by atoms with E-state index in [1.165, 1.54) is 5.56 Å². The van der Waals surface area contributed by atoms with Gasteiger partial charge in [0.05, 0.1) is 5.92 Å². The van der Waals surface area contributed by atoms with Gasteiger partial charge in [-0.05, 0) is 16.5 Å². The average molecular weight is 248 g/mol. The van der Waals surface area contributed by atoms with Crippen molar-refractivity contribution in [3.63, 3.8) is 0 Å². The van der Waals surface area contributed by atoms with Gasteiger partial charge in [0.15, 0.2) is 0 Å². The van der Waals surface area contributed by atoms with Crippen LogP contribution in [0.2, 0.25) is 0 Å². The summed E-state index contributed by atoms with van der Waals surface area (Å²) in [6.07, 6.45) is 0. The Kier molecular flexibility index (Phi) is 4.52. The average Bonchev–Trinajstić information content (AvgIpc) is 2.29. The van der Waals surface area contributed by atoms with E-state index in [-0.39, 0.29) is 17.2 Å². The highest BCUT2D eigenvalue weighted by molar-refractivity contribution is 5.83. The lowest BCUT2D eigenvalue weighted by atomic mass is 9.85. The summed E-state index contributed by atoms with van der Waals surface area (Å²) in [6, 6.07) is 8.20. The number of likely N-dealkylation sites (N-methyl/N-ethyl adjacent to an activating group) is 1. The maximum atomic E-state index is 12.0. The van der Waals surface area contributed by atoms with Crippen molar-refractivity contribution >= 4 is 5.91 Å². The summed E-state index contributed by atoms with van der Waals surface area (Å²) in [6.45, 7) is 6.86. The summed E-state index contributed by atoms with van der Waals surface area (Å²) in [5.74, 6) is -0.185. The number of hydrogen-bond acceptors (Lipinski definition) is 2. The Balaban J connectivity index is 2.99. The number of nitrogens with two attached hydrogens (primary N) is 1. The van der Waals surface area contributed by atoms with Gasteiger partial charge in [0, 0.05) is 20.6 Å². The second-order valence-electron chi connectivity index (χ2n) is 5.89. The molecule has 0 bridgehead atoms. The number of nitrogens with zero attached hydrogens (tertiary/aromatic N) is 1. The lowest BCUT2D eigenvalue weighted by molar-refractivity contribution is -0.130. The van der Waals surface area contributed by atoms with Gasteiger partial charge in [0.2, 0.25) is 5.91 Å². The van der Waals surface area contributed by atoms with E-state index in [1.807, 2.05) is 12.1 Å². The molecule has 3 heteroatoms. The van der Waals surface area contributed by atoms with Gasteiger partial charge in [-0.15, -0.1) is 0 Å². The molecule has 0 radical (unpaired) electrons. The van der Waals surface area contributed by atoms with Gasteiger partial charge in [-0.2, -0.15) is 0 Å². The number of carbonyl (C=O) groups excluding carboxylic acids is 1. The minimum Gasteiger partial charge on any atom is -0.348 e. The molecule has 0 heterocycles. The zero-order valence-electron chi connectivity index (χ0n) is 12.0. The summed E-state index contributed by atoms with van der Waals surface area (Å²) in [5.41, 5.74) is 8.10. The zero-order valence-corrected chi connectivity index (χ0v) is 12.0. The fraction of sp³-hybridized carbons (Fsp3) is 0.533. The maximum absolute atomic E-state index is 12.0. The Labute approximate surface area is 110 Å². The van der Waals surface area contributed by atoms with E-state index in [1.54, 1.807) is 19.0 Å². The summed E-state index contributed by atoms with van der Waals surface area (Å²) in [7, 11) is 3.52. The molecule has 1 unspecified atom stereocenters. The molecule has 1 amide bonds. The molecule has 0 spiro atoms. The van der Waals surface area contributed by atoms with Crippen molar-refractivity contribution < 1.29 is 4.79 Å². The molecule has 0 fully saturated rings. The van der Waals surface area contributed by atoms with E-state index in [0.717, 1.165) is 5.56 Å². The predicted octanol–water partition coefficient (Wildman–Crippen LogP) is 2.11. The number of carbonyl (C=O) groups is 1. The number of rotatable bonds is 3. The van der Waals surface area contributed by atoms with Crippen LogP contribution in [0, 0.1) is 0 Å². The van der Waals surface area contributed by atoms with E-state index >= 15 is 0 Å². The lowest BCUT2D eigenvalue weighted by Crippen LogP contribution is -2.32. The number of hydrogen-bond donors (Lipinski definition) is 1. The lowest BCUT2D eigenvalue weighted by Gasteiger charge is -2.22. The fourth-order valence-electron chi connectivity index (χ4n) is 1.91. The Morgan fingerprint density at radius 2 is 1.72 bits per heavy atom. The van der Waals surface area contributed by atoms with E-state index in [0.29, 0.717) is 6.54 Å².